The molecule has 0 unspecified atom stereocenters. The Morgan fingerprint density at radius 3 is 2.16 bits per heavy atom. The van der Waals surface area contributed by atoms with Gasteiger partial charge in [-0.05, 0) is 72.8 Å². The zero-order valence-corrected chi connectivity index (χ0v) is 19.1. The molecule has 0 atom stereocenters. The van der Waals surface area contributed by atoms with Gasteiger partial charge in [0.25, 0.3) is 0 Å². The van der Waals surface area contributed by atoms with Gasteiger partial charge in [-0.25, -0.2) is 9.59 Å². The number of imide groups is 1. The summed E-state index contributed by atoms with van der Waals surface area (Å²) in [6, 6.07) is 2.13. The number of aromatic nitrogens is 2. The zero-order valence-electron chi connectivity index (χ0n) is 19.1. The van der Waals surface area contributed by atoms with E-state index in [4.69, 9.17) is 9.47 Å². The van der Waals surface area contributed by atoms with E-state index in [2.05, 4.69) is 16.0 Å². The lowest BCUT2D eigenvalue weighted by atomic mass is 10.1. The maximum absolute atomic E-state index is 13.0. The molecular weight excluding hydrogens is 396 g/mol. The van der Waals surface area contributed by atoms with Crippen LogP contribution in [0.4, 0.5) is 15.4 Å². The van der Waals surface area contributed by atoms with E-state index in [1.54, 1.807) is 47.7 Å². The molecule has 1 aliphatic carbocycles. The molecule has 0 aromatic carbocycles. The van der Waals surface area contributed by atoms with Crippen molar-refractivity contribution in [3.05, 3.63) is 23.0 Å². The molecule has 8 nitrogen and oxygen atoms in total. The molecular formula is C23H30N4O4. The van der Waals surface area contributed by atoms with Crippen molar-refractivity contribution in [1.82, 2.24) is 9.97 Å². The number of nitriles is 1. The van der Waals surface area contributed by atoms with Crippen LogP contribution in [0.2, 0.25) is 0 Å². The molecule has 0 radical (unpaired) electrons. The number of aryl methyl sites for hydroxylation is 2. The Labute approximate surface area is 182 Å². The first-order chi connectivity index (χ1) is 14.4. The Kier molecular flexibility index (Phi) is 5.99. The lowest BCUT2D eigenvalue weighted by Gasteiger charge is -2.28. The normalized spacial score (nSPS) is 14.4. The third-order valence-corrected chi connectivity index (χ3v) is 4.85. The van der Waals surface area contributed by atoms with E-state index in [0.29, 0.717) is 5.39 Å². The van der Waals surface area contributed by atoms with Crippen LogP contribution >= 0.6 is 0 Å². The van der Waals surface area contributed by atoms with Crippen molar-refractivity contribution in [2.24, 2.45) is 0 Å². The minimum atomic E-state index is -0.913. The van der Waals surface area contributed by atoms with E-state index >= 15 is 0 Å². The third-order valence-electron chi connectivity index (χ3n) is 4.85. The number of nitrogens with zero attached hydrogens (tertiary/aromatic N) is 3. The van der Waals surface area contributed by atoms with Crippen LogP contribution in [-0.4, -0.2) is 33.4 Å². The van der Waals surface area contributed by atoms with Crippen LogP contribution in [0.25, 0.3) is 10.9 Å². The second-order valence-corrected chi connectivity index (χ2v) is 9.79. The fraction of sp³-hybridized carbons (Fsp3) is 0.565. The Bertz CT molecular complexity index is 1020. The summed E-state index contributed by atoms with van der Waals surface area (Å²) in [5.41, 5.74) is 1.24. The molecule has 0 saturated carbocycles. The average Bonchev–Trinajstić information content (AvgIpc) is 2.80. The van der Waals surface area contributed by atoms with Gasteiger partial charge in [-0.3, -0.25) is 4.98 Å². The number of aromatic amines is 1. The quantitative estimate of drug-likeness (QED) is 0.613. The molecule has 0 spiro atoms. The highest BCUT2D eigenvalue weighted by molar-refractivity contribution is 6.12. The second-order valence-electron chi connectivity index (χ2n) is 9.79. The van der Waals surface area contributed by atoms with Gasteiger partial charge in [0.2, 0.25) is 0 Å². The van der Waals surface area contributed by atoms with Crippen LogP contribution in [0.5, 0.6) is 0 Å². The van der Waals surface area contributed by atoms with Gasteiger partial charge < -0.3 is 14.5 Å². The van der Waals surface area contributed by atoms with Crippen molar-refractivity contribution in [3.8, 4) is 6.07 Å². The summed E-state index contributed by atoms with van der Waals surface area (Å²) in [6.45, 7) is 10.2. The van der Waals surface area contributed by atoms with E-state index in [9.17, 15) is 14.9 Å². The molecule has 2 amide bonds. The van der Waals surface area contributed by atoms with E-state index in [0.717, 1.165) is 53.8 Å². The van der Waals surface area contributed by atoms with Crippen molar-refractivity contribution >= 4 is 28.9 Å². The maximum Gasteiger partial charge on any atom is 0.425 e. The van der Waals surface area contributed by atoms with Gasteiger partial charge in [0.15, 0.2) is 0 Å². The molecule has 31 heavy (non-hydrogen) atoms. The Balaban J connectivity index is 2.18. The van der Waals surface area contributed by atoms with Gasteiger partial charge >= 0.3 is 12.2 Å². The van der Waals surface area contributed by atoms with Gasteiger partial charge in [0.05, 0.1) is 5.52 Å². The minimum Gasteiger partial charge on any atom is -0.443 e. The second kappa shape index (κ2) is 8.22. The summed E-state index contributed by atoms with van der Waals surface area (Å²) in [7, 11) is 0. The fourth-order valence-corrected chi connectivity index (χ4v) is 3.64. The van der Waals surface area contributed by atoms with Crippen molar-refractivity contribution < 1.29 is 19.1 Å². The molecule has 1 aliphatic rings. The molecule has 2 aromatic rings. The third kappa shape index (κ3) is 4.98. The summed E-state index contributed by atoms with van der Waals surface area (Å²) in [4.78, 5) is 34.6. The Hall–Kier alpha value is -3.08. The Morgan fingerprint density at radius 1 is 1.03 bits per heavy atom. The molecule has 2 heterocycles. The number of rotatable bonds is 1. The molecule has 0 aliphatic heterocycles. The number of fused-ring (bicyclic) bond motifs is 3. The molecule has 166 valence electrons. The summed E-state index contributed by atoms with van der Waals surface area (Å²) in [5.74, 6) is 0.0421. The number of hydrogen-bond acceptors (Lipinski definition) is 6. The van der Waals surface area contributed by atoms with Crippen LogP contribution in [0.3, 0.4) is 0 Å². The number of hydrogen-bond donors (Lipinski definition) is 1. The first-order valence-corrected chi connectivity index (χ1v) is 10.6. The molecule has 2 aromatic heterocycles. The predicted octanol–water partition coefficient (Wildman–Crippen LogP) is 5.38. The molecule has 8 heteroatoms. The maximum atomic E-state index is 13.0. The van der Waals surface area contributed by atoms with Crippen molar-refractivity contribution in [3.63, 3.8) is 0 Å². The van der Waals surface area contributed by atoms with Gasteiger partial charge in [-0.2, -0.15) is 10.2 Å². The summed E-state index contributed by atoms with van der Waals surface area (Å²) >= 11 is 0. The summed E-state index contributed by atoms with van der Waals surface area (Å²) in [5, 5.41) is 10.5. The van der Waals surface area contributed by atoms with Crippen LogP contribution in [0.15, 0.2) is 6.20 Å². The molecule has 0 fully saturated rings. The van der Waals surface area contributed by atoms with Gasteiger partial charge in [0.1, 0.15) is 28.7 Å². The van der Waals surface area contributed by atoms with Crippen LogP contribution in [0.1, 0.15) is 77.6 Å². The van der Waals surface area contributed by atoms with Crippen LogP contribution in [-0.2, 0) is 22.3 Å². The van der Waals surface area contributed by atoms with Crippen LogP contribution in [0, 0.1) is 11.3 Å². The summed E-state index contributed by atoms with van der Waals surface area (Å²) in [6.07, 6.45) is 4.69. The van der Waals surface area contributed by atoms with Crippen LogP contribution < -0.4 is 4.90 Å². The largest absolute Gasteiger partial charge is 0.443 e. The molecule has 3 rings (SSSR count). The number of carbonyl (C=O) groups is 2. The number of pyridine rings is 1. The number of anilines is 1. The average molecular weight is 427 g/mol. The number of ether oxygens (including phenoxy) is 2. The first-order valence-electron chi connectivity index (χ1n) is 10.6. The van der Waals surface area contributed by atoms with E-state index in [1.165, 1.54) is 0 Å². The minimum absolute atomic E-state index is 0.0421. The Morgan fingerprint density at radius 2 is 1.61 bits per heavy atom. The van der Waals surface area contributed by atoms with E-state index in [-0.39, 0.29) is 11.4 Å². The van der Waals surface area contributed by atoms with Crippen molar-refractivity contribution in [2.75, 3.05) is 4.90 Å². The highest BCUT2D eigenvalue weighted by atomic mass is 16.6. The lowest BCUT2D eigenvalue weighted by Crippen LogP contribution is -2.44. The fourth-order valence-electron chi connectivity index (χ4n) is 3.64. The lowest BCUT2D eigenvalue weighted by molar-refractivity contribution is 0.0429. The topological polar surface area (TPSA) is 108 Å². The number of amides is 2. The SMILES string of the molecule is CC(C)(C)OC(=O)N(C(=O)OC(C)(C)C)c1[nH]c2c3c(ncc2c1C#N)CCCCC3. The highest BCUT2D eigenvalue weighted by Crippen LogP contribution is 2.34. The van der Waals surface area contributed by atoms with Crippen molar-refractivity contribution in [2.45, 2.75) is 84.8 Å². The standard InChI is InChI=1S/C23H30N4O4/c1-22(2,3)30-20(28)27(21(29)31-23(4,5)6)19-15(12-24)16-13-25-17-11-9-7-8-10-14(17)18(16)26-19/h13,26H,7-11H2,1-6H3. The number of H-pyrrole nitrogens is 1. The molecule has 0 bridgehead atoms. The number of carbonyl (C=O) groups excluding carboxylic acids is 2. The highest BCUT2D eigenvalue weighted by Gasteiger charge is 2.36. The van der Waals surface area contributed by atoms with Crippen molar-refractivity contribution in [1.29, 1.82) is 5.26 Å². The first kappa shape index (κ1) is 22.6. The van der Waals surface area contributed by atoms with Gasteiger partial charge in [-0.1, -0.05) is 6.42 Å². The monoisotopic (exact) mass is 426 g/mol. The van der Waals surface area contributed by atoms with Gasteiger partial charge in [-0.15, -0.1) is 0 Å². The van der Waals surface area contributed by atoms with E-state index < -0.39 is 23.4 Å². The predicted molar refractivity (Wildman–Crippen MR) is 117 cm³/mol. The van der Waals surface area contributed by atoms with Gasteiger partial charge in [0, 0.05) is 17.3 Å². The number of nitrogens with one attached hydrogen (secondary N) is 1. The summed E-state index contributed by atoms with van der Waals surface area (Å²) < 4.78 is 10.9. The molecule has 1 N–H and O–H groups in total. The smallest absolute Gasteiger partial charge is 0.425 e. The van der Waals surface area contributed by atoms with E-state index in [1.807, 2.05) is 0 Å². The zero-order chi connectivity index (χ0) is 23.0. The molecule has 0 saturated heterocycles.